The van der Waals surface area contributed by atoms with Crippen LogP contribution in [0, 0.1) is 0 Å². The Bertz CT molecular complexity index is 143. The van der Waals surface area contributed by atoms with Crippen LogP contribution in [0.5, 0.6) is 0 Å². The maximum absolute atomic E-state index is 3.45. The zero-order valence-corrected chi connectivity index (χ0v) is 10.6. The molecule has 0 atom stereocenters. The Hall–Kier alpha value is -0.0800. The van der Waals surface area contributed by atoms with Crippen LogP contribution in [0.2, 0.25) is 0 Å². The van der Waals surface area contributed by atoms with E-state index in [0.717, 1.165) is 6.04 Å². The fourth-order valence-electron chi connectivity index (χ4n) is 2.10. The Labute approximate surface area is 95.4 Å². The molecule has 1 rings (SSSR count). The normalized spacial score (nSPS) is 17.0. The minimum atomic E-state index is 0.920. The minimum Gasteiger partial charge on any atom is -0.317 e. The van der Waals surface area contributed by atoms with Crippen molar-refractivity contribution in [2.45, 2.75) is 57.9 Å². The number of hydrogen-bond donors (Lipinski definition) is 1. The molecule has 0 aromatic heterocycles. The molecule has 1 N–H and O–H groups in total. The number of unbranched alkanes of at least 4 members (excludes halogenated alkanes) is 2. The third-order valence-corrected chi connectivity index (χ3v) is 3.49. The maximum atomic E-state index is 3.45. The van der Waals surface area contributed by atoms with E-state index in [9.17, 15) is 0 Å². The number of nitrogens with zero attached hydrogens (tertiary/aromatic N) is 1. The Kier molecular flexibility index (Phi) is 7.03. The molecule has 2 heteroatoms. The lowest BCUT2D eigenvalue weighted by Crippen LogP contribution is -2.37. The van der Waals surface area contributed by atoms with Crippen molar-refractivity contribution >= 4 is 0 Å². The summed E-state index contributed by atoms with van der Waals surface area (Å²) in [6, 6.07) is 0.920. The molecule has 1 fully saturated rings. The second-order valence-electron chi connectivity index (χ2n) is 4.88. The fourth-order valence-corrected chi connectivity index (χ4v) is 2.10. The predicted molar refractivity (Wildman–Crippen MR) is 67.3 cm³/mol. The summed E-state index contributed by atoms with van der Waals surface area (Å²) in [5.74, 6) is 0. The zero-order valence-electron chi connectivity index (χ0n) is 10.6. The molecule has 1 saturated carbocycles. The Balaban J connectivity index is 1.79. The first-order valence-corrected chi connectivity index (χ1v) is 6.75. The van der Waals surface area contributed by atoms with Gasteiger partial charge in [0.25, 0.3) is 0 Å². The van der Waals surface area contributed by atoms with Crippen molar-refractivity contribution in [3.63, 3.8) is 0 Å². The van der Waals surface area contributed by atoms with Crippen LogP contribution in [-0.2, 0) is 0 Å². The summed E-state index contributed by atoms with van der Waals surface area (Å²) in [6.07, 6.45) is 9.69. The summed E-state index contributed by atoms with van der Waals surface area (Å²) in [6.45, 7) is 5.92. The van der Waals surface area contributed by atoms with Crippen LogP contribution in [-0.4, -0.2) is 37.6 Å². The average molecular weight is 212 g/mol. The first kappa shape index (κ1) is 13.0. The lowest BCUT2D eigenvalue weighted by Gasteiger charge is -2.34. The molecular weight excluding hydrogens is 184 g/mol. The maximum Gasteiger partial charge on any atom is 0.00922 e. The van der Waals surface area contributed by atoms with Gasteiger partial charge in [-0.15, -0.1) is 0 Å². The van der Waals surface area contributed by atoms with Gasteiger partial charge >= 0.3 is 0 Å². The fraction of sp³-hybridized carbons (Fsp3) is 1.00. The van der Waals surface area contributed by atoms with Gasteiger partial charge in [0.1, 0.15) is 0 Å². The van der Waals surface area contributed by atoms with E-state index >= 15 is 0 Å². The van der Waals surface area contributed by atoms with Gasteiger partial charge in [-0.05, 0) is 58.8 Å². The van der Waals surface area contributed by atoms with E-state index in [1.54, 1.807) is 0 Å². The van der Waals surface area contributed by atoms with Gasteiger partial charge in [-0.1, -0.05) is 19.8 Å². The van der Waals surface area contributed by atoms with Crippen molar-refractivity contribution in [1.82, 2.24) is 10.2 Å². The third-order valence-electron chi connectivity index (χ3n) is 3.49. The van der Waals surface area contributed by atoms with Crippen LogP contribution in [0.4, 0.5) is 0 Å². The first-order valence-electron chi connectivity index (χ1n) is 6.75. The van der Waals surface area contributed by atoms with Crippen molar-refractivity contribution in [2.24, 2.45) is 0 Å². The molecule has 0 unspecified atom stereocenters. The molecule has 2 nitrogen and oxygen atoms in total. The molecular formula is C13H28N2. The Morgan fingerprint density at radius 3 is 2.53 bits per heavy atom. The summed E-state index contributed by atoms with van der Waals surface area (Å²) >= 11 is 0. The summed E-state index contributed by atoms with van der Waals surface area (Å²) in [4.78, 5) is 2.56. The van der Waals surface area contributed by atoms with Crippen molar-refractivity contribution in [2.75, 3.05) is 26.7 Å². The predicted octanol–water partition coefficient (Wildman–Crippen LogP) is 2.64. The van der Waals surface area contributed by atoms with E-state index in [4.69, 9.17) is 0 Å². The van der Waals surface area contributed by atoms with Gasteiger partial charge in [-0.3, -0.25) is 0 Å². The standard InChI is InChI=1S/C13H28N2/c1-3-10-14-11-5-4-6-12-15(2)13-8-7-9-13/h13-14H,3-12H2,1-2H3. The number of rotatable bonds is 9. The molecule has 15 heavy (non-hydrogen) atoms. The molecule has 0 radical (unpaired) electrons. The highest BCUT2D eigenvalue weighted by Gasteiger charge is 2.20. The Morgan fingerprint density at radius 1 is 1.13 bits per heavy atom. The molecule has 0 saturated heterocycles. The molecule has 0 aromatic rings. The summed E-state index contributed by atoms with van der Waals surface area (Å²) in [5.41, 5.74) is 0. The van der Waals surface area contributed by atoms with Crippen molar-refractivity contribution in [3.05, 3.63) is 0 Å². The van der Waals surface area contributed by atoms with Crippen LogP contribution >= 0.6 is 0 Å². The molecule has 1 aliphatic carbocycles. The lowest BCUT2D eigenvalue weighted by molar-refractivity contribution is 0.157. The quantitative estimate of drug-likeness (QED) is 0.591. The van der Waals surface area contributed by atoms with Crippen molar-refractivity contribution < 1.29 is 0 Å². The molecule has 0 amide bonds. The zero-order chi connectivity index (χ0) is 10.9. The summed E-state index contributed by atoms with van der Waals surface area (Å²) in [5, 5.41) is 3.45. The van der Waals surface area contributed by atoms with Gasteiger partial charge < -0.3 is 10.2 Å². The second kappa shape index (κ2) is 8.12. The SMILES string of the molecule is CCCNCCCCCN(C)C1CCC1. The molecule has 0 heterocycles. The van der Waals surface area contributed by atoms with Crippen LogP contribution in [0.3, 0.4) is 0 Å². The largest absolute Gasteiger partial charge is 0.317 e. The van der Waals surface area contributed by atoms with Gasteiger partial charge in [0.05, 0.1) is 0 Å². The van der Waals surface area contributed by atoms with Crippen molar-refractivity contribution in [3.8, 4) is 0 Å². The number of nitrogens with one attached hydrogen (secondary N) is 1. The van der Waals surface area contributed by atoms with Gasteiger partial charge in [-0.25, -0.2) is 0 Å². The molecule has 0 aromatic carbocycles. The molecule has 0 spiro atoms. The minimum absolute atomic E-state index is 0.920. The Morgan fingerprint density at radius 2 is 1.93 bits per heavy atom. The summed E-state index contributed by atoms with van der Waals surface area (Å²) in [7, 11) is 2.29. The van der Waals surface area contributed by atoms with Gasteiger partial charge in [0.15, 0.2) is 0 Å². The highest BCUT2D eigenvalue weighted by molar-refractivity contribution is 4.77. The molecule has 0 bridgehead atoms. The molecule has 1 aliphatic rings. The van der Waals surface area contributed by atoms with E-state index < -0.39 is 0 Å². The monoisotopic (exact) mass is 212 g/mol. The molecule has 90 valence electrons. The van der Waals surface area contributed by atoms with Gasteiger partial charge in [-0.2, -0.15) is 0 Å². The average Bonchev–Trinajstić information content (AvgIpc) is 2.14. The highest BCUT2D eigenvalue weighted by Crippen LogP contribution is 2.23. The van der Waals surface area contributed by atoms with E-state index in [-0.39, 0.29) is 0 Å². The lowest BCUT2D eigenvalue weighted by atomic mass is 9.92. The van der Waals surface area contributed by atoms with Crippen LogP contribution in [0.1, 0.15) is 51.9 Å². The van der Waals surface area contributed by atoms with E-state index in [1.165, 1.54) is 64.6 Å². The van der Waals surface area contributed by atoms with Crippen LogP contribution < -0.4 is 5.32 Å². The highest BCUT2D eigenvalue weighted by atomic mass is 15.1. The number of hydrogen-bond acceptors (Lipinski definition) is 2. The topological polar surface area (TPSA) is 15.3 Å². The second-order valence-corrected chi connectivity index (χ2v) is 4.88. The van der Waals surface area contributed by atoms with E-state index in [0.29, 0.717) is 0 Å². The first-order chi connectivity index (χ1) is 7.34. The molecule has 0 aliphatic heterocycles. The van der Waals surface area contributed by atoms with Crippen LogP contribution in [0.15, 0.2) is 0 Å². The van der Waals surface area contributed by atoms with Crippen LogP contribution in [0.25, 0.3) is 0 Å². The summed E-state index contributed by atoms with van der Waals surface area (Å²) < 4.78 is 0. The van der Waals surface area contributed by atoms with Crippen molar-refractivity contribution in [1.29, 1.82) is 0 Å². The van der Waals surface area contributed by atoms with E-state index in [2.05, 4.69) is 24.2 Å². The third kappa shape index (κ3) is 5.53. The van der Waals surface area contributed by atoms with Gasteiger partial charge in [0, 0.05) is 6.04 Å². The smallest absolute Gasteiger partial charge is 0.00922 e. The van der Waals surface area contributed by atoms with E-state index in [1.807, 2.05) is 0 Å². The van der Waals surface area contributed by atoms with Gasteiger partial charge in [0.2, 0.25) is 0 Å².